The largest absolute Gasteiger partial charge is 0.476 e. The number of oxazole rings is 1. The van der Waals surface area contributed by atoms with E-state index in [0.717, 1.165) is 19.2 Å². The molecule has 0 aliphatic carbocycles. The molecule has 1 aliphatic heterocycles. The normalized spacial score (nSPS) is 20.3. The van der Waals surface area contributed by atoms with Gasteiger partial charge in [0.25, 0.3) is 6.01 Å². The summed E-state index contributed by atoms with van der Waals surface area (Å²) in [4.78, 5) is 16.4. The van der Waals surface area contributed by atoms with Crippen molar-refractivity contribution in [1.29, 1.82) is 0 Å². The summed E-state index contributed by atoms with van der Waals surface area (Å²) in [5.41, 5.74) is -0.0603. The molecule has 1 fully saturated rings. The summed E-state index contributed by atoms with van der Waals surface area (Å²) in [6, 6.07) is 0.361. The van der Waals surface area contributed by atoms with E-state index in [2.05, 4.69) is 4.98 Å². The number of aromatic carboxylic acids is 1. The molecular weight excluding hydrogens is 212 g/mol. The average molecular weight is 226 g/mol. The van der Waals surface area contributed by atoms with Crippen molar-refractivity contribution < 1.29 is 19.1 Å². The average Bonchev–Trinajstić information content (AvgIpc) is 2.84. The van der Waals surface area contributed by atoms with E-state index < -0.39 is 5.97 Å². The van der Waals surface area contributed by atoms with Crippen molar-refractivity contribution in [3.63, 3.8) is 0 Å². The van der Waals surface area contributed by atoms with Gasteiger partial charge in [-0.2, -0.15) is 4.98 Å². The Morgan fingerprint density at radius 2 is 2.62 bits per heavy atom. The van der Waals surface area contributed by atoms with E-state index in [1.807, 2.05) is 11.8 Å². The third-order valence-corrected chi connectivity index (χ3v) is 2.53. The van der Waals surface area contributed by atoms with E-state index in [9.17, 15) is 4.79 Å². The molecule has 0 amide bonds. The summed E-state index contributed by atoms with van der Waals surface area (Å²) < 4.78 is 10.6. The van der Waals surface area contributed by atoms with Crippen LogP contribution < -0.4 is 4.90 Å². The fourth-order valence-electron chi connectivity index (χ4n) is 1.78. The summed E-state index contributed by atoms with van der Waals surface area (Å²) >= 11 is 0. The third-order valence-electron chi connectivity index (χ3n) is 2.53. The lowest BCUT2D eigenvalue weighted by Gasteiger charge is -2.13. The molecular formula is C10H14N2O4. The van der Waals surface area contributed by atoms with Crippen LogP contribution in [-0.4, -0.2) is 41.9 Å². The second-order valence-corrected chi connectivity index (χ2v) is 3.63. The van der Waals surface area contributed by atoms with Gasteiger partial charge in [0, 0.05) is 19.7 Å². The van der Waals surface area contributed by atoms with Crippen molar-refractivity contribution in [2.24, 2.45) is 0 Å². The summed E-state index contributed by atoms with van der Waals surface area (Å²) in [6.45, 7) is 4.12. The maximum atomic E-state index is 10.6. The van der Waals surface area contributed by atoms with Gasteiger partial charge in [0.15, 0.2) is 5.69 Å². The van der Waals surface area contributed by atoms with Gasteiger partial charge in [0.1, 0.15) is 6.26 Å². The maximum Gasteiger partial charge on any atom is 0.357 e. The van der Waals surface area contributed by atoms with Gasteiger partial charge in [0.05, 0.1) is 6.10 Å². The summed E-state index contributed by atoms with van der Waals surface area (Å²) in [5, 5.41) is 8.71. The predicted molar refractivity (Wildman–Crippen MR) is 55.7 cm³/mol. The Hall–Kier alpha value is -1.56. The molecule has 1 aromatic rings. The van der Waals surface area contributed by atoms with Gasteiger partial charge in [-0.3, -0.25) is 0 Å². The molecule has 1 saturated heterocycles. The molecule has 1 atom stereocenters. The third kappa shape index (κ3) is 2.16. The van der Waals surface area contributed by atoms with Crippen LogP contribution in [0.2, 0.25) is 0 Å². The number of carbonyl (C=O) groups is 1. The lowest BCUT2D eigenvalue weighted by atomic mass is 10.3. The topological polar surface area (TPSA) is 75.8 Å². The van der Waals surface area contributed by atoms with Crippen molar-refractivity contribution in [1.82, 2.24) is 4.98 Å². The first kappa shape index (κ1) is 10.9. The number of aromatic nitrogens is 1. The predicted octanol–water partition coefficient (Wildman–Crippen LogP) is 0.988. The second-order valence-electron chi connectivity index (χ2n) is 3.63. The highest BCUT2D eigenvalue weighted by Gasteiger charge is 2.26. The zero-order chi connectivity index (χ0) is 11.5. The Kier molecular flexibility index (Phi) is 3.09. The summed E-state index contributed by atoms with van der Waals surface area (Å²) in [5.74, 6) is -1.07. The highest BCUT2D eigenvalue weighted by molar-refractivity contribution is 5.85. The van der Waals surface area contributed by atoms with Crippen LogP contribution in [0.3, 0.4) is 0 Å². The van der Waals surface area contributed by atoms with E-state index in [-0.39, 0.29) is 11.8 Å². The van der Waals surface area contributed by atoms with Crippen molar-refractivity contribution in [2.45, 2.75) is 19.4 Å². The minimum absolute atomic E-state index is 0.0603. The van der Waals surface area contributed by atoms with Crippen LogP contribution in [-0.2, 0) is 4.74 Å². The smallest absolute Gasteiger partial charge is 0.357 e. The molecule has 0 saturated carbocycles. The number of rotatable bonds is 4. The molecule has 0 radical (unpaired) electrons. The Morgan fingerprint density at radius 3 is 3.25 bits per heavy atom. The van der Waals surface area contributed by atoms with Gasteiger partial charge in [-0.05, 0) is 13.3 Å². The first-order valence-corrected chi connectivity index (χ1v) is 5.26. The first-order valence-electron chi connectivity index (χ1n) is 5.26. The lowest BCUT2D eigenvalue weighted by molar-refractivity contribution is 0.0690. The molecule has 1 aromatic heterocycles. The van der Waals surface area contributed by atoms with Gasteiger partial charge in [-0.1, -0.05) is 0 Å². The summed E-state index contributed by atoms with van der Waals surface area (Å²) in [6.07, 6.45) is 2.26. The molecule has 2 heterocycles. The Morgan fingerprint density at radius 1 is 1.81 bits per heavy atom. The van der Waals surface area contributed by atoms with Crippen LogP contribution in [0.15, 0.2) is 10.7 Å². The molecule has 88 valence electrons. The second kappa shape index (κ2) is 4.52. The minimum atomic E-state index is -1.07. The van der Waals surface area contributed by atoms with Crippen LogP contribution in [0.1, 0.15) is 23.8 Å². The molecule has 1 aliphatic rings. The van der Waals surface area contributed by atoms with E-state index in [4.69, 9.17) is 14.3 Å². The van der Waals surface area contributed by atoms with Crippen LogP contribution in [0.25, 0.3) is 0 Å². The van der Waals surface area contributed by atoms with E-state index in [1.54, 1.807) is 0 Å². The molecule has 0 spiro atoms. The van der Waals surface area contributed by atoms with Gasteiger partial charge < -0.3 is 19.2 Å². The summed E-state index contributed by atoms with van der Waals surface area (Å²) in [7, 11) is 0. The molecule has 2 rings (SSSR count). The van der Waals surface area contributed by atoms with E-state index in [1.165, 1.54) is 0 Å². The number of carboxylic acid groups (broad SMARTS) is 1. The van der Waals surface area contributed by atoms with Crippen LogP contribution >= 0.6 is 0 Å². The molecule has 0 unspecified atom stereocenters. The van der Waals surface area contributed by atoms with Gasteiger partial charge in [0.2, 0.25) is 0 Å². The van der Waals surface area contributed by atoms with E-state index in [0.29, 0.717) is 19.2 Å². The van der Waals surface area contributed by atoms with Crippen molar-refractivity contribution in [3.05, 3.63) is 12.0 Å². The molecule has 0 bridgehead atoms. The monoisotopic (exact) mass is 226 g/mol. The molecule has 6 heteroatoms. The van der Waals surface area contributed by atoms with Crippen LogP contribution in [0.4, 0.5) is 6.01 Å². The maximum absolute atomic E-state index is 10.6. The van der Waals surface area contributed by atoms with E-state index >= 15 is 0 Å². The van der Waals surface area contributed by atoms with Gasteiger partial charge in [-0.15, -0.1) is 0 Å². The Labute approximate surface area is 92.8 Å². The molecule has 0 aromatic carbocycles. The zero-order valence-electron chi connectivity index (χ0n) is 9.05. The fourth-order valence-corrected chi connectivity index (χ4v) is 1.78. The molecule has 6 nitrogen and oxygen atoms in total. The molecule has 16 heavy (non-hydrogen) atoms. The number of carboxylic acids is 1. The number of ether oxygens (including phenoxy) is 1. The Balaban J connectivity index is 2.00. The highest BCUT2D eigenvalue weighted by Crippen LogP contribution is 2.21. The number of anilines is 1. The van der Waals surface area contributed by atoms with Crippen LogP contribution in [0, 0.1) is 0 Å². The fraction of sp³-hybridized carbons (Fsp3) is 0.600. The van der Waals surface area contributed by atoms with Gasteiger partial charge in [-0.25, -0.2) is 4.79 Å². The SMILES string of the molecule is CCO[C@@H]1CCN(c2nc(C(=O)O)co2)C1. The number of hydrogen-bond donors (Lipinski definition) is 1. The molecule has 1 N–H and O–H groups in total. The van der Waals surface area contributed by atoms with Crippen molar-refractivity contribution in [3.8, 4) is 0 Å². The zero-order valence-corrected chi connectivity index (χ0v) is 9.05. The standard InChI is InChI=1S/C10H14N2O4/c1-2-15-7-3-4-12(5-7)10-11-8(6-16-10)9(13)14/h6-7H,2-5H2,1H3,(H,13,14)/t7-/m1/s1. The van der Waals surface area contributed by atoms with Crippen LogP contribution in [0.5, 0.6) is 0 Å². The Bertz CT molecular complexity index is 377. The first-order chi connectivity index (χ1) is 7.70. The van der Waals surface area contributed by atoms with Gasteiger partial charge >= 0.3 is 5.97 Å². The van der Waals surface area contributed by atoms with Crippen molar-refractivity contribution >= 4 is 12.0 Å². The lowest BCUT2D eigenvalue weighted by Crippen LogP contribution is -2.23. The highest BCUT2D eigenvalue weighted by atomic mass is 16.5. The minimum Gasteiger partial charge on any atom is -0.476 e. The number of nitrogens with zero attached hydrogens (tertiary/aromatic N) is 2. The quantitative estimate of drug-likeness (QED) is 0.825. The number of hydrogen-bond acceptors (Lipinski definition) is 5. The van der Waals surface area contributed by atoms with Crippen molar-refractivity contribution in [2.75, 3.05) is 24.6 Å².